The summed E-state index contributed by atoms with van der Waals surface area (Å²) in [5.41, 5.74) is 1.86. The van der Waals surface area contributed by atoms with Crippen LogP contribution >= 0.6 is 0 Å². The Balaban J connectivity index is 1.60. The van der Waals surface area contributed by atoms with Crippen LogP contribution in [0.2, 0.25) is 0 Å². The van der Waals surface area contributed by atoms with Crippen molar-refractivity contribution in [2.75, 3.05) is 5.32 Å². The minimum absolute atomic E-state index is 0.0290. The number of allylic oxidation sites excluding steroid dienone is 2. The van der Waals surface area contributed by atoms with Gasteiger partial charge in [-0.3, -0.25) is 9.59 Å². The number of aliphatic carboxylic acids is 1. The van der Waals surface area contributed by atoms with E-state index in [1.165, 1.54) is 0 Å². The molecule has 1 amide bonds. The van der Waals surface area contributed by atoms with E-state index >= 15 is 0 Å². The lowest BCUT2D eigenvalue weighted by Crippen LogP contribution is -2.48. The van der Waals surface area contributed by atoms with Gasteiger partial charge in [0.15, 0.2) is 0 Å². The molecule has 0 spiro atoms. The minimum atomic E-state index is -0.839. The summed E-state index contributed by atoms with van der Waals surface area (Å²) in [5.74, 6) is -0.904. The molecule has 5 rings (SSSR count). The van der Waals surface area contributed by atoms with E-state index in [1.807, 2.05) is 37.3 Å². The smallest absolute Gasteiger partial charge is 0.307 e. The highest BCUT2D eigenvalue weighted by atomic mass is 16.4. The first-order valence-electron chi connectivity index (χ1n) is 7.85. The number of nitrogens with one attached hydrogen (secondary N) is 1. The van der Waals surface area contributed by atoms with Crippen LogP contribution < -0.4 is 5.32 Å². The van der Waals surface area contributed by atoms with E-state index in [-0.39, 0.29) is 17.7 Å². The van der Waals surface area contributed by atoms with Crippen LogP contribution in [0.4, 0.5) is 5.69 Å². The van der Waals surface area contributed by atoms with E-state index < -0.39 is 17.8 Å². The fourth-order valence-corrected chi connectivity index (χ4v) is 4.43. The van der Waals surface area contributed by atoms with Crippen molar-refractivity contribution in [3.05, 3.63) is 42.0 Å². The molecular formula is C18H19NO3. The van der Waals surface area contributed by atoms with Crippen LogP contribution in [0.3, 0.4) is 0 Å². The maximum atomic E-state index is 12.7. The lowest BCUT2D eigenvalue weighted by Gasteiger charge is -2.41. The maximum Gasteiger partial charge on any atom is 0.307 e. The fourth-order valence-electron chi connectivity index (χ4n) is 4.43. The normalized spacial score (nSPS) is 37.5. The van der Waals surface area contributed by atoms with Crippen molar-refractivity contribution < 1.29 is 14.7 Å². The van der Waals surface area contributed by atoms with Gasteiger partial charge in [-0.1, -0.05) is 29.8 Å². The molecule has 0 radical (unpaired) electrons. The largest absolute Gasteiger partial charge is 0.481 e. The minimum Gasteiger partial charge on any atom is -0.481 e. The van der Waals surface area contributed by atoms with Crippen molar-refractivity contribution in [2.24, 2.45) is 35.5 Å². The number of hydrogen-bond donors (Lipinski definition) is 2. The van der Waals surface area contributed by atoms with Crippen LogP contribution in [0.25, 0.3) is 0 Å². The third-order valence-corrected chi connectivity index (χ3v) is 5.56. The number of anilines is 1. The molecule has 4 aliphatic carbocycles. The monoisotopic (exact) mass is 297 g/mol. The van der Waals surface area contributed by atoms with Gasteiger partial charge in [0.2, 0.25) is 5.91 Å². The zero-order valence-electron chi connectivity index (χ0n) is 12.4. The van der Waals surface area contributed by atoms with Crippen LogP contribution in [0, 0.1) is 42.4 Å². The van der Waals surface area contributed by atoms with Gasteiger partial charge in [-0.05, 0) is 49.1 Å². The van der Waals surface area contributed by atoms with Crippen LogP contribution in [0.15, 0.2) is 36.4 Å². The van der Waals surface area contributed by atoms with Crippen molar-refractivity contribution in [3.63, 3.8) is 0 Å². The Hall–Kier alpha value is -2.10. The number of carboxylic acids is 1. The average Bonchev–Trinajstić information content (AvgIpc) is 3.30. The number of fused-ring (bicyclic) bond motifs is 1. The third-order valence-electron chi connectivity index (χ3n) is 5.56. The van der Waals surface area contributed by atoms with E-state index in [0.29, 0.717) is 11.8 Å². The first-order chi connectivity index (χ1) is 10.6. The van der Waals surface area contributed by atoms with E-state index in [1.54, 1.807) is 0 Å². The number of carbonyl (C=O) groups is 2. The number of carbonyl (C=O) groups excluding carboxylic acids is 1. The Labute approximate surface area is 129 Å². The molecule has 0 aliphatic heterocycles. The first-order valence-corrected chi connectivity index (χ1v) is 7.85. The zero-order chi connectivity index (χ0) is 15.4. The molecule has 0 heterocycles. The van der Waals surface area contributed by atoms with Crippen molar-refractivity contribution in [1.82, 2.24) is 0 Å². The molecule has 22 heavy (non-hydrogen) atoms. The quantitative estimate of drug-likeness (QED) is 0.843. The summed E-state index contributed by atoms with van der Waals surface area (Å²) < 4.78 is 0. The summed E-state index contributed by atoms with van der Waals surface area (Å²) >= 11 is 0. The van der Waals surface area contributed by atoms with Crippen molar-refractivity contribution in [1.29, 1.82) is 0 Å². The van der Waals surface area contributed by atoms with Crippen molar-refractivity contribution in [2.45, 2.75) is 13.3 Å². The van der Waals surface area contributed by atoms with Gasteiger partial charge in [-0.15, -0.1) is 0 Å². The number of benzene rings is 1. The van der Waals surface area contributed by atoms with Crippen LogP contribution in [-0.4, -0.2) is 17.0 Å². The Morgan fingerprint density at radius 3 is 2.23 bits per heavy atom. The molecule has 2 saturated carbocycles. The number of rotatable bonds is 3. The molecule has 4 heteroatoms. The van der Waals surface area contributed by atoms with Crippen molar-refractivity contribution in [3.8, 4) is 0 Å². The molecule has 0 aromatic heterocycles. The molecule has 4 aliphatic rings. The number of aryl methyl sites for hydroxylation is 1. The fraction of sp³-hybridized carbons (Fsp3) is 0.444. The van der Waals surface area contributed by atoms with E-state index in [4.69, 9.17) is 0 Å². The highest BCUT2D eigenvalue weighted by Gasteiger charge is 2.62. The standard InChI is InChI=1S/C18H19NO3/c1-9-2-4-10(5-3-9)19-17(20)15-11-6-7-12(14-8-13(11)14)16(15)18(21)22/h2-7,11-16H,8H2,1H3,(H,19,20)(H,21,22)/t11-,12-,13-,14-,15-,16+/m1/s1. The molecule has 2 N–H and O–H groups in total. The number of amides is 1. The second kappa shape index (κ2) is 4.70. The molecule has 0 saturated heterocycles. The van der Waals surface area contributed by atoms with E-state index in [2.05, 4.69) is 11.4 Å². The summed E-state index contributed by atoms with van der Waals surface area (Å²) in [7, 11) is 0. The lowest BCUT2D eigenvalue weighted by molar-refractivity contribution is -0.152. The number of carboxylic acid groups (broad SMARTS) is 1. The van der Waals surface area contributed by atoms with Gasteiger partial charge < -0.3 is 10.4 Å². The Morgan fingerprint density at radius 1 is 1.05 bits per heavy atom. The predicted octanol–water partition coefficient (Wildman–Crippen LogP) is 2.70. The van der Waals surface area contributed by atoms with Crippen LogP contribution in [0.5, 0.6) is 0 Å². The molecule has 2 fully saturated rings. The molecule has 1 aromatic rings. The highest BCUT2D eigenvalue weighted by Crippen LogP contribution is 2.63. The number of hydrogen-bond acceptors (Lipinski definition) is 2. The van der Waals surface area contributed by atoms with Crippen molar-refractivity contribution >= 4 is 17.6 Å². The second-order valence-electron chi connectivity index (χ2n) is 6.85. The lowest BCUT2D eigenvalue weighted by atomic mass is 9.62. The molecule has 0 unspecified atom stereocenters. The molecule has 2 bridgehead atoms. The average molecular weight is 297 g/mol. The van der Waals surface area contributed by atoms with Gasteiger partial charge >= 0.3 is 5.97 Å². The Kier molecular flexibility index (Phi) is 2.90. The van der Waals surface area contributed by atoms with Crippen LogP contribution in [-0.2, 0) is 9.59 Å². The summed E-state index contributed by atoms with van der Waals surface area (Å²) in [6, 6.07) is 7.60. The SMILES string of the molecule is Cc1ccc(NC(=O)[C@@H]2[C@@H]3C=C[C@H]([C@H]4C[C@H]34)[C@@H]2C(=O)O)cc1. The highest BCUT2D eigenvalue weighted by molar-refractivity contribution is 5.96. The Bertz CT molecular complexity index is 663. The summed E-state index contributed by atoms with van der Waals surface area (Å²) in [6.45, 7) is 1.99. The van der Waals surface area contributed by atoms with Crippen LogP contribution in [0.1, 0.15) is 12.0 Å². The third kappa shape index (κ3) is 1.97. The summed E-state index contributed by atoms with van der Waals surface area (Å²) in [6.07, 6.45) is 5.19. The van der Waals surface area contributed by atoms with Gasteiger partial charge in [0.05, 0.1) is 11.8 Å². The maximum absolute atomic E-state index is 12.7. The van der Waals surface area contributed by atoms with E-state index in [0.717, 1.165) is 17.7 Å². The van der Waals surface area contributed by atoms with Gasteiger partial charge in [-0.25, -0.2) is 0 Å². The summed E-state index contributed by atoms with van der Waals surface area (Å²) in [5, 5.41) is 12.5. The topological polar surface area (TPSA) is 66.4 Å². The first kappa shape index (κ1) is 13.6. The van der Waals surface area contributed by atoms with Gasteiger partial charge in [0.25, 0.3) is 0 Å². The van der Waals surface area contributed by atoms with Gasteiger partial charge in [0, 0.05) is 5.69 Å². The molecular weight excluding hydrogens is 278 g/mol. The Morgan fingerprint density at radius 2 is 1.64 bits per heavy atom. The molecule has 6 atom stereocenters. The molecule has 114 valence electrons. The predicted molar refractivity (Wildman–Crippen MR) is 82.1 cm³/mol. The van der Waals surface area contributed by atoms with E-state index in [9.17, 15) is 14.7 Å². The van der Waals surface area contributed by atoms with Gasteiger partial charge in [0.1, 0.15) is 0 Å². The molecule has 1 aromatic carbocycles. The molecule has 4 nitrogen and oxygen atoms in total. The van der Waals surface area contributed by atoms with Gasteiger partial charge in [-0.2, -0.15) is 0 Å². The second-order valence-corrected chi connectivity index (χ2v) is 6.85. The summed E-state index contributed by atoms with van der Waals surface area (Å²) in [4.78, 5) is 24.4. The zero-order valence-corrected chi connectivity index (χ0v) is 12.4.